The molecule has 0 saturated carbocycles. The predicted molar refractivity (Wildman–Crippen MR) is 99.3 cm³/mol. The van der Waals surface area contributed by atoms with Crippen molar-refractivity contribution in [3.63, 3.8) is 0 Å². The summed E-state index contributed by atoms with van der Waals surface area (Å²) in [5.74, 6) is -0.392. The van der Waals surface area contributed by atoms with Gasteiger partial charge in [-0.15, -0.1) is 0 Å². The maximum atomic E-state index is 12.8. The molecule has 1 aromatic rings. The van der Waals surface area contributed by atoms with Crippen LogP contribution in [0, 0.1) is 0 Å². The molecule has 1 aromatic carbocycles. The first-order valence-corrected chi connectivity index (χ1v) is 9.09. The van der Waals surface area contributed by atoms with Crippen LogP contribution in [0.3, 0.4) is 0 Å². The summed E-state index contributed by atoms with van der Waals surface area (Å²) in [6, 6.07) is 8.61. The minimum absolute atomic E-state index is 0.249. The number of nitrogens with one attached hydrogen (secondary N) is 4. The zero-order valence-electron chi connectivity index (χ0n) is 14.7. The number of nitrogens with zero attached hydrogens (tertiary/aromatic N) is 1. The maximum Gasteiger partial charge on any atom is 0.344 e. The van der Waals surface area contributed by atoms with E-state index in [4.69, 9.17) is 17.0 Å². The first kappa shape index (κ1) is 18.6. The molecule has 2 aliphatic heterocycles. The third kappa shape index (κ3) is 3.95. The van der Waals surface area contributed by atoms with Gasteiger partial charge in [-0.25, -0.2) is 4.79 Å². The number of hydrogen-bond acceptors (Lipinski definition) is 4. The van der Waals surface area contributed by atoms with Gasteiger partial charge in [-0.3, -0.25) is 10.2 Å². The van der Waals surface area contributed by atoms with E-state index in [2.05, 4.69) is 16.1 Å². The quantitative estimate of drug-likeness (QED) is 0.378. The van der Waals surface area contributed by atoms with Crippen LogP contribution in [0.1, 0.15) is 12.5 Å². The van der Waals surface area contributed by atoms with Gasteiger partial charge < -0.3 is 20.3 Å². The van der Waals surface area contributed by atoms with Gasteiger partial charge in [0.2, 0.25) is 0 Å². The average molecular weight is 378 g/mol. The molecule has 9 heteroatoms. The Morgan fingerprint density at radius 3 is 2.69 bits per heavy atom. The lowest BCUT2D eigenvalue weighted by Crippen LogP contribution is -3.14. The lowest BCUT2D eigenvalue weighted by Gasteiger charge is -2.24. The largest absolute Gasteiger partial charge is 0.370 e. The third-order valence-electron chi connectivity index (χ3n) is 4.72. The molecule has 0 aromatic heterocycles. The Morgan fingerprint density at radius 1 is 1.31 bits per heavy atom. The van der Waals surface area contributed by atoms with Crippen LogP contribution in [0.2, 0.25) is 0 Å². The Hall–Kier alpha value is -2.23. The summed E-state index contributed by atoms with van der Waals surface area (Å²) in [5, 5.41) is 6.96. The van der Waals surface area contributed by atoms with E-state index in [0.717, 1.165) is 43.4 Å². The van der Waals surface area contributed by atoms with Crippen LogP contribution < -0.4 is 21.0 Å². The number of carbonyl (C=O) groups is 2. The fourth-order valence-electron chi connectivity index (χ4n) is 3.11. The van der Waals surface area contributed by atoms with E-state index < -0.39 is 17.5 Å². The van der Waals surface area contributed by atoms with Gasteiger partial charge in [0.15, 0.2) is 5.11 Å². The molecule has 2 fully saturated rings. The summed E-state index contributed by atoms with van der Waals surface area (Å²) in [5.41, 5.74) is 2.31. The molecule has 0 spiro atoms. The zero-order valence-corrected chi connectivity index (χ0v) is 15.5. The van der Waals surface area contributed by atoms with Crippen LogP contribution in [0.4, 0.5) is 4.79 Å². The summed E-state index contributed by atoms with van der Waals surface area (Å²) in [4.78, 5) is 26.5. The fourth-order valence-corrected chi connectivity index (χ4v) is 3.31. The second-order valence-corrected chi connectivity index (χ2v) is 6.95. The molecule has 140 valence electrons. The third-order valence-corrected chi connectivity index (χ3v) is 4.95. The lowest BCUT2D eigenvalue weighted by atomic mass is 9.92. The van der Waals surface area contributed by atoms with Crippen molar-refractivity contribution in [1.82, 2.24) is 21.1 Å². The van der Waals surface area contributed by atoms with Crippen LogP contribution in [0.15, 0.2) is 30.3 Å². The monoisotopic (exact) mass is 378 g/mol. The Balaban J connectivity index is 1.53. The van der Waals surface area contributed by atoms with Crippen LogP contribution in [0.5, 0.6) is 0 Å². The lowest BCUT2D eigenvalue weighted by molar-refractivity contribution is -0.906. The van der Waals surface area contributed by atoms with E-state index in [0.29, 0.717) is 6.54 Å². The number of amides is 3. The second kappa shape index (κ2) is 7.98. The second-order valence-electron chi connectivity index (χ2n) is 6.54. The number of thiocarbonyl (C=S) groups is 1. The minimum Gasteiger partial charge on any atom is -0.370 e. The first-order chi connectivity index (χ1) is 12.5. The van der Waals surface area contributed by atoms with Crippen LogP contribution in [-0.2, 0) is 15.1 Å². The molecule has 2 aliphatic rings. The van der Waals surface area contributed by atoms with Crippen molar-refractivity contribution in [2.75, 3.05) is 39.4 Å². The highest BCUT2D eigenvalue weighted by atomic mass is 32.1. The number of imide groups is 1. The highest BCUT2D eigenvalue weighted by Crippen LogP contribution is 2.27. The molecule has 0 unspecified atom stereocenters. The number of morpholine rings is 1. The van der Waals surface area contributed by atoms with E-state index in [1.54, 1.807) is 6.92 Å². The molecule has 3 rings (SSSR count). The Bertz CT molecular complexity index is 680. The van der Waals surface area contributed by atoms with Crippen molar-refractivity contribution in [2.45, 2.75) is 12.5 Å². The van der Waals surface area contributed by atoms with Crippen molar-refractivity contribution < 1.29 is 19.2 Å². The predicted octanol–water partition coefficient (Wildman–Crippen LogP) is -1.25. The maximum absolute atomic E-state index is 12.8. The minimum atomic E-state index is -1.11. The van der Waals surface area contributed by atoms with Gasteiger partial charge >= 0.3 is 6.03 Å². The summed E-state index contributed by atoms with van der Waals surface area (Å²) in [6.07, 6.45) is 0. The standard InChI is InChI=1S/C17H23N5O3S/c1-17(13-5-3-2-4-6-13)14(23)22(16(24)19-17)20-15(26)18-7-8-21-9-11-25-12-10-21/h2-6H,7-12H2,1H3,(H,19,24)(H2,18,20,26)/p+1/t17-/m0/s1. The first-order valence-electron chi connectivity index (χ1n) is 8.69. The van der Waals surface area contributed by atoms with Gasteiger partial charge in [0.1, 0.15) is 18.6 Å². The summed E-state index contributed by atoms with van der Waals surface area (Å²) in [6.45, 7) is 6.74. The molecular formula is C17H24N5O3S+. The van der Waals surface area contributed by atoms with Crippen LogP contribution >= 0.6 is 12.2 Å². The van der Waals surface area contributed by atoms with Crippen molar-refractivity contribution in [2.24, 2.45) is 0 Å². The molecule has 26 heavy (non-hydrogen) atoms. The molecule has 0 bridgehead atoms. The van der Waals surface area contributed by atoms with Crippen molar-refractivity contribution >= 4 is 29.3 Å². The van der Waals surface area contributed by atoms with Gasteiger partial charge in [0.05, 0.1) is 26.3 Å². The summed E-state index contributed by atoms with van der Waals surface area (Å²) >= 11 is 5.23. The van der Waals surface area contributed by atoms with Crippen LogP contribution in [0.25, 0.3) is 0 Å². The average Bonchev–Trinajstić information content (AvgIpc) is 2.87. The fraction of sp³-hybridized carbons (Fsp3) is 0.471. The summed E-state index contributed by atoms with van der Waals surface area (Å²) in [7, 11) is 0. The van der Waals surface area contributed by atoms with Gasteiger partial charge in [0, 0.05) is 0 Å². The topological polar surface area (TPSA) is 87.1 Å². The van der Waals surface area contributed by atoms with E-state index >= 15 is 0 Å². The highest BCUT2D eigenvalue weighted by molar-refractivity contribution is 7.80. The molecule has 3 amide bonds. The van der Waals surface area contributed by atoms with E-state index in [-0.39, 0.29) is 5.11 Å². The molecule has 4 N–H and O–H groups in total. The number of hydrogen-bond donors (Lipinski definition) is 4. The van der Waals surface area contributed by atoms with Gasteiger partial charge in [-0.2, -0.15) is 5.01 Å². The van der Waals surface area contributed by atoms with Crippen LogP contribution in [-0.4, -0.2) is 61.5 Å². The van der Waals surface area contributed by atoms with Crippen molar-refractivity contribution in [3.8, 4) is 0 Å². The number of quaternary nitrogens is 1. The number of ether oxygens (including phenoxy) is 1. The molecule has 1 atom stereocenters. The molecular weight excluding hydrogens is 354 g/mol. The molecule has 8 nitrogen and oxygen atoms in total. The smallest absolute Gasteiger partial charge is 0.344 e. The molecule has 2 heterocycles. The Kier molecular flexibility index (Phi) is 5.70. The van der Waals surface area contributed by atoms with Gasteiger partial charge in [-0.05, 0) is 24.7 Å². The number of benzene rings is 1. The zero-order chi connectivity index (χ0) is 18.6. The van der Waals surface area contributed by atoms with E-state index in [9.17, 15) is 9.59 Å². The number of carbonyl (C=O) groups excluding carboxylic acids is 2. The van der Waals surface area contributed by atoms with Gasteiger partial charge in [-0.1, -0.05) is 30.3 Å². The normalized spacial score (nSPS) is 23.7. The molecule has 0 radical (unpaired) electrons. The molecule has 2 saturated heterocycles. The number of urea groups is 1. The summed E-state index contributed by atoms with van der Waals surface area (Å²) < 4.78 is 5.33. The van der Waals surface area contributed by atoms with E-state index in [1.807, 2.05) is 30.3 Å². The van der Waals surface area contributed by atoms with Crippen molar-refractivity contribution in [3.05, 3.63) is 35.9 Å². The highest BCUT2D eigenvalue weighted by Gasteiger charge is 2.49. The Labute approximate surface area is 157 Å². The van der Waals surface area contributed by atoms with Crippen molar-refractivity contribution in [1.29, 1.82) is 0 Å². The van der Waals surface area contributed by atoms with Gasteiger partial charge in [0.25, 0.3) is 5.91 Å². The number of hydrazine groups is 1. The molecule has 0 aliphatic carbocycles. The number of rotatable bonds is 5. The Morgan fingerprint density at radius 2 is 2.00 bits per heavy atom. The van der Waals surface area contributed by atoms with E-state index in [1.165, 1.54) is 4.90 Å². The SMILES string of the molecule is C[C@@]1(c2ccccc2)NC(=O)N(NC(=S)NCC[NH+]2CCOCC2)C1=O.